The molecule has 1 fully saturated rings. The maximum Gasteiger partial charge on any atom is 0.229 e. The van der Waals surface area contributed by atoms with Gasteiger partial charge in [-0.2, -0.15) is 0 Å². The van der Waals surface area contributed by atoms with Gasteiger partial charge >= 0.3 is 0 Å². The summed E-state index contributed by atoms with van der Waals surface area (Å²) in [5, 5.41) is 3.49. The first-order valence-corrected chi connectivity index (χ1v) is 9.43. The Kier molecular flexibility index (Phi) is 6.17. The molecule has 1 unspecified atom stereocenters. The molecular weight excluding hydrogens is 396 g/mol. The van der Waals surface area contributed by atoms with Crippen LogP contribution in [0.25, 0.3) is 0 Å². The number of halogens is 1. The van der Waals surface area contributed by atoms with Gasteiger partial charge in [0.05, 0.1) is 32.9 Å². The minimum Gasteiger partial charge on any atom is -0.493 e. The number of nitrogens with zero attached hydrogens (tertiary/aromatic N) is 1. The Morgan fingerprint density at radius 2 is 1.76 bits per heavy atom. The van der Waals surface area contributed by atoms with Crippen molar-refractivity contribution in [3.63, 3.8) is 0 Å². The van der Waals surface area contributed by atoms with Crippen LogP contribution in [-0.2, 0) is 9.59 Å². The average molecular weight is 419 g/mol. The quantitative estimate of drug-likeness (QED) is 0.774. The lowest BCUT2D eigenvalue weighted by molar-refractivity contribution is -0.122. The number of hydrogen-bond acceptors (Lipinski definition) is 5. The zero-order chi connectivity index (χ0) is 21.1. The number of amides is 2. The highest BCUT2D eigenvalue weighted by atomic mass is 35.5. The summed E-state index contributed by atoms with van der Waals surface area (Å²) >= 11 is 5.96. The summed E-state index contributed by atoms with van der Waals surface area (Å²) in [5.41, 5.74) is 2.12. The molecule has 3 rings (SSSR count). The number of anilines is 2. The van der Waals surface area contributed by atoms with Crippen molar-refractivity contribution in [1.29, 1.82) is 0 Å². The van der Waals surface area contributed by atoms with Gasteiger partial charge < -0.3 is 24.4 Å². The lowest BCUT2D eigenvalue weighted by atomic mass is 10.1. The van der Waals surface area contributed by atoms with Gasteiger partial charge in [-0.15, -0.1) is 0 Å². The van der Waals surface area contributed by atoms with E-state index in [1.165, 1.54) is 21.3 Å². The fraction of sp³-hybridized carbons (Fsp3) is 0.333. The molecule has 0 aliphatic carbocycles. The molecule has 0 aromatic heterocycles. The number of nitrogens with one attached hydrogen (secondary N) is 1. The Morgan fingerprint density at radius 1 is 1.10 bits per heavy atom. The van der Waals surface area contributed by atoms with E-state index < -0.39 is 5.92 Å². The number of carbonyl (C=O) groups excluding carboxylic acids is 2. The predicted octanol–water partition coefficient (Wildman–Crippen LogP) is 3.67. The van der Waals surface area contributed by atoms with Crippen molar-refractivity contribution in [2.24, 2.45) is 5.92 Å². The van der Waals surface area contributed by atoms with Crippen LogP contribution < -0.4 is 24.4 Å². The van der Waals surface area contributed by atoms with E-state index in [-0.39, 0.29) is 24.8 Å². The second kappa shape index (κ2) is 8.61. The van der Waals surface area contributed by atoms with Crippen LogP contribution in [0.4, 0.5) is 11.4 Å². The van der Waals surface area contributed by atoms with Crippen LogP contribution in [0.3, 0.4) is 0 Å². The van der Waals surface area contributed by atoms with E-state index in [0.29, 0.717) is 33.6 Å². The first-order valence-electron chi connectivity index (χ1n) is 9.05. The topological polar surface area (TPSA) is 77.1 Å². The monoisotopic (exact) mass is 418 g/mol. The molecule has 1 heterocycles. The normalized spacial score (nSPS) is 16.0. The van der Waals surface area contributed by atoms with E-state index in [4.69, 9.17) is 25.8 Å². The molecule has 0 spiro atoms. The number of carbonyl (C=O) groups is 2. The van der Waals surface area contributed by atoms with Crippen molar-refractivity contribution in [3.05, 3.63) is 40.9 Å². The summed E-state index contributed by atoms with van der Waals surface area (Å²) in [5.74, 6) is 0.499. The van der Waals surface area contributed by atoms with Gasteiger partial charge in [0.25, 0.3) is 0 Å². The van der Waals surface area contributed by atoms with Crippen molar-refractivity contribution in [2.45, 2.75) is 13.3 Å². The molecule has 154 valence electrons. The smallest absolute Gasteiger partial charge is 0.229 e. The molecule has 1 saturated heterocycles. The van der Waals surface area contributed by atoms with Crippen LogP contribution in [0.1, 0.15) is 12.0 Å². The van der Waals surface area contributed by atoms with Gasteiger partial charge in [0.15, 0.2) is 11.5 Å². The number of aryl methyl sites for hydroxylation is 1. The molecule has 1 aliphatic rings. The van der Waals surface area contributed by atoms with Gasteiger partial charge in [-0.05, 0) is 30.7 Å². The molecule has 7 nitrogen and oxygen atoms in total. The summed E-state index contributed by atoms with van der Waals surface area (Å²) < 4.78 is 16.0. The zero-order valence-electron chi connectivity index (χ0n) is 16.7. The average Bonchev–Trinajstić information content (AvgIpc) is 3.10. The van der Waals surface area contributed by atoms with Crippen molar-refractivity contribution in [1.82, 2.24) is 0 Å². The lowest BCUT2D eigenvalue weighted by Crippen LogP contribution is -2.28. The summed E-state index contributed by atoms with van der Waals surface area (Å²) in [7, 11) is 4.54. The second-order valence-electron chi connectivity index (χ2n) is 6.74. The van der Waals surface area contributed by atoms with Gasteiger partial charge in [-0.3, -0.25) is 9.59 Å². The Bertz CT molecular complexity index is 922. The largest absolute Gasteiger partial charge is 0.493 e. The minimum atomic E-state index is -0.475. The maximum absolute atomic E-state index is 12.7. The standard InChI is InChI=1S/C21H23ClN2O5/c1-12-7-14(22)5-6-16(12)23-21(26)13-8-19(25)24(11-13)15-9-17(27-2)20(29-4)18(10-15)28-3/h5-7,9-10,13H,8,11H2,1-4H3,(H,23,26). The van der Waals surface area contributed by atoms with Crippen molar-refractivity contribution >= 4 is 34.8 Å². The molecule has 2 aromatic rings. The van der Waals surface area contributed by atoms with E-state index in [2.05, 4.69) is 5.32 Å². The van der Waals surface area contributed by atoms with Crippen molar-refractivity contribution in [3.8, 4) is 17.2 Å². The Labute approximate surface area is 174 Å². The third kappa shape index (κ3) is 4.24. The molecule has 2 aromatic carbocycles. The fourth-order valence-electron chi connectivity index (χ4n) is 3.36. The molecule has 0 saturated carbocycles. The van der Waals surface area contributed by atoms with Crippen molar-refractivity contribution < 1.29 is 23.8 Å². The third-order valence-corrected chi connectivity index (χ3v) is 5.14. The van der Waals surface area contributed by atoms with Crippen LogP contribution in [0.5, 0.6) is 17.2 Å². The van der Waals surface area contributed by atoms with Crippen molar-refractivity contribution in [2.75, 3.05) is 38.1 Å². The van der Waals surface area contributed by atoms with Gasteiger partial charge in [0.2, 0.25) is 17.6 Å². The highest BCUT2D eigenvalue weighted by molar-refractivity contribution is 6.30. The van der Waals surface area contributed by atoms with E-state index in [1.54, 1.807) is 35.2 Å². The van der Waals surface area contributed by atoms with Crippen LogP contribution >= 0.6 is 11.6 Å². The molecule has 1 atom stereocenters. The van der Waals surface area contributed by atoms with Gasteiger partial charge in [0, 0.05) is 35.8 Å². The Hall–Kier alpha value is -2.93. The number of methoxy groups -OCH3 is 3. The summed E-state index contributed by atoms with van der Waals surface area (Å²) in [6.45, 7) is 2.12. The summed E-state index contributed by atoms with van der Waals surface area (Å²) in [6, 6.07) is 8.64. The first kappa shape index (κ1) is 20.8. The molecule has 2 amide bonds. The minimum absolute atomic E-state index is 0.120. The molecule has 0 radical (unpaired) electrons. The van der Waals surface area contributed by atoms with Gasteiger partial charge in [-0.25, -0.2) is 0 Å². The van der Waals surface area contributed by atoms with Crippen LogP contribution in [0.2, 0.25) is 5.02 Å². The van der Waals surface area contributed by atoms with Crippen LogP contribution in [-0.4, -0.2) is 39.7 Å². The Balaban J connectivity index is 1.80. The van der Waals surface area contributed by atoms with Gasteiger partial charge in [0.1, 0.15) is 0 Å². The van der Waals surface area contributed by atoms with Gasteiger partial charge in [-0.1, -0.05) is 11.6 Å². The maximum atomic E-state index is 12.7. The molecule has 1 N–H and O–H groups in total. The molecule has 8 heteroatoms. The second-order valence-corrected chi connectivity index (χ2v) is 7.17. The molecular formula is C21H23ClN2O5. The third-order valence-electron chi connectivity index (χ3n) is 4.90. The molecule has 0 bridgehead atoms. The van der Waals surface area contributed by atoms with E-state index >= 15 is 0 Å². The fourth-order valence-corrected chi connectivity index (χ4v) is 3.58. The summed E-state index contributed by atoms with van der Waals surface area (Å²) in [4.78, 5) is 26.9. The zero-order valence-corrected chi connectivity index (χ0v) is 17.5. The SMILES string of the molecule is COc1cc(N2CC(C(=O)Nc3ccc(Cl)cc3C)CC2=O)cc(OC)c1OC. The molecule has 29 heavy (non-hydrogen) atoms. The highest BCUT2D eigenvalue weighted by Gasteiger charge is 2.36. The Morgan fingerprint density at radius 3 is 2.31 bits per heavy atom. The van der Waals surface area contributed by atoms with E-state index in [1.807, 2.05) is 6.92 Å². The predicted molar refractivity (Wildman–Crippen MR) is 111 cm³/mol. The number of hydrogen-bond donors (Lipinski definition) is 1. The summed E-state index contributed by atoms with van der Waals surface area (Å²) in [6.07, 6.45) is 0.120. The van der Waals surface area contributed by atoms with E-state index in [9.17, 15) is 9.59 Å². The number of rotatable bonds is 6. The molecule has 1 aliphatic heterocycles. The highest BCUT2D eigenvalue weighted by Crippen LogP contribution is 2.42. The van der Waals surface area contributed by atoms with Crippen LogP contribution in [0, 0.1) is 12.8 Å². The number of benzene rings is 2. The first-order chi connectivity index (χ1) is 13.9. The lowest BCUT2D eigenvalue weighted by Gasteiger charge is -2.20. The number of ether oxygens (including phenoxy) is 3. The van der Waals surface area contributed by atoms with Crippen LogP contribution in [0.15, 0.2) is 30.3 Å². The van der Waals surface area contributed by atoms with E-state index in [0.717, 1.165) is 5.56 Å².